The van der Waals surface area contributed by atoms with E-state index in [1.54, 1.807) is 6.20 Å². The number of nitrogens with one attached hydrogen (secondary N) is 1. The zero-order chi connectivity index (χ0) is 18.2. The van der Waals surface area contributed by atoms with Gasteiger partial charge in [0.2, 0.25) is 5.91 Å². The number of piperidine rings is 1. The smallest absolute Gasteiger partial charge is 0.221 e. The molecule has 1 fully saturated rings. The number of hydrogen-bond donors (Lipinski definition) is 1. The van der Waals surface area contributed by atoms with Crippen LogP contribution >= 0.6 is 0 Å². The molecule has 3 heterocycles. The summed E-state index contributed by atoms with van der Waals surface area (Å²) in [5.41, 5.74) is 1.16. The summed E-state index contributed by atoms with van der Waals surface area (Å²) in [6.07, 6.45) is 8.07. The molecule has 1 unspecified atom stereocenters. The highest BCUT2D eigenvalue weighted by molar-refractivity contribution is 5.76. The highest BCUT2D eigenvalue weighted by Gasteiger charge is 2.22. The van der Waals surface area contributed by atoms with E-state index in [2.05, 4.69) is 31.2 Å². The Kier molecular flexibility index (Phi) is 6.55. The Balaban J connectivity index is 1.41. The van der Waals surface area contributed by atoms with Crippen molar-refractivity contribution >= 4 is 11.7 Å². The van der Waals surface area contributed by atoms with E-state index in [9.17, 15) is 4.79 Å². The van der Waals surface area contributed by atoms with Gasteiger partial charge in [-0.05, 0) is 43.7 Å². The summed E-state index contributed by atoms with van der Waals surface area (Å²) in [5.74, 6) is 1.11. The first-order chi connectivity index (χ1) is 12.7. The summed E-state index contributed by atoms with van der Waals surface area (Å²) in [6, 6.07) is 10.1. The number of rotatable bonds is 7. The van der Waals surface area contributed by atoms with Crippen molar-refractivity contribution in [2.45, 2.75) is 31.8 Å². The molecule has 3 rings (SSSR count). The monoisotopic (exact) mass is 353 g/mol. The Hall–Kier alpha value is -2.47. The molecule has 6 nitrogen and oxygen atoms in total. The fourth-order valence-electron chi connectivity index (χ4n) is 3.32. The summed E-state index contributed by atoms with van der Waals surface area (Å²) < 4.78 is 0. The van der Waals surface area contributed by atoms with Gasteiger partial charge in [-0.3, -0.25) is 9.78 Å². The third kappa shape index (κ3) is 5.52. The Morgan fingerprint density at radius 2 is 2.23 bits per heavy atom. The summed E-state index contributed by atoms with van der Waals surface area (Å²) in [5, 5.41) is 3.19. The van der Waals surface area contributed by atoms with Crippen molar-refractivity contribution in [1.29, 1.82) is 0 Å². The van der Waals surface area contributed by atoms with Crippen LogP contribution in [-0.2, 0) is 11.3 Å². The van der Waals surface area contributed by atoms with Gasteiger partial charge in [0, 0.05) is 57.2 Å². The fourth-order valence-corrected chi connectivity index (χ4v) is 3.32. The van der Waals surface area contributed by atoms with Gasteiger partial charge in [-0.15, -0.1) is 0 Å². The van der Waals surface area contributed by atoms with Gasteiger partial charge in [-0.2, -0.15) is 0 Å². The van der Waals surface area contributed by atoms with E-state index in [4.69, 9.17) is 0 Å². The molecule has 0 aliphatic carbocycles. The maximum atomic E-state index is 12.3. The second-order valence-corrected chi connectivity index (χ2v) is 6.89. The normalized spacial score (nSPS) is 17.3. The number of nitrogens with zero attached hydrogens (tertiary/aromatic N) is 4. The maximum Gasteiger partial charge on any atom is 0.221 e. The third-order valence-electron chi connectivity index (χ3n) is 4.66. The van der Waals surface area contributed by atoms with Crippen LogP contribution in [0.25, 0.3) is 0 Å². The van der Waals surface area contributed by atoms with Crippen LogP contribution in [0.2, 0.25) is 0 Å². The quantitative estimate of drug-likeness (QED) is 0.826. The maximum absolute atomic E-state index is 12.3. The SMILES string of the molecule is CN(CCC(=O)NC1CCCN(c2ccccn2)C1)Cc1cccnc1. The molecule has 2 aromatic rings. The predicted molar refractivity (Wildman–Crippen MR) is 103 cm³/mol. The number of anilines is 1. The fraction of sp³-hybridized carbons (Fsp3) is 0.450. The summed E-state index contributed by atoms with van der Waals surface area (Å²) >= 11 is 0. The van der Waals surface area contributed by atoms with E-state index in [0.29, 0.717) is 6.42 Å². The average Bonchev–Trinajstić information content (AvgIpc) is 2.68. The van der Waals surface area contributed by atoms with E-state index in [-0.39, 0.29) is 11.9 Å². The number of amides is 1. The molecule has 1 atom stereocenters. The molecular formula is C20H27N5O. The van der Waals surface area contributed by atoms with Crippen LogP contribution in [0.4, 0.5) is 5.82 Å². The summed E-state index contributed by atoms with van der Waals surface area (Å²) in [7, 11) is 2.03. The highest BCUT2D eigenvalue weighted by Crippen LogP contribution is 2.17. The average molecular weight is 353 g/mol. The molecule has 0 saturated carbocycles. The minimum atomic E-state index is 0.121. The molecule has 0 radical (unpaired) electrons. The number of hydrogen-bond acceptors (Lipinski definition) is 5. The summed E-state index contributed by atoms with van der Waals surface area (Å²) in [4.78, 5) is 25.3. The van der Waals surface area contributed by atoms with Crippen LogP contribution in [0.3, 0.4) is 0 Å². The van der Waals surface area contributed by atoms with Gasteiger partial charge in [0.25, 0.3) is 0 Å². The first-order valence-corrected chi connectivity index (χ1v) is 9.23. The number of pyridine rings is 2. The lowest BCUT2D eigenvalue weighted by atomic mass is 10.1. The largest absolute Gasteiger partial charge is 0.355 e. The van der Waals surface area contributed by atoms with Crippen molar-refractivity contribution < 1.29 is 4.79 Å². The second-order valence-electron chi connectivity index (χ2n) is 6.89. The predicted octanol–water partition coefficient (Wildman–Crippen LogP) is 2.08. The minimum absolute atomic E-state index is 0.121. The number of aromatic nitrogens is 2. The Morgan fingerprint density at radius 1 is 1.31 bits per heavy atom. The van der Waals surface area contributed by atoms with Crippen LogP contribution in [0.1, 0.15) is 24.8 Å². The molecular weight excluding hydrogens is 326 g/mol. The van der Waals surface area contributed by atoms with Gasteiger partial charge < -0.3 is 15.1 Å². The van der Waals surface area contributed by atoms with E-state index in [1.807, 2.05) is 43.7 Å². The van der Waals surface area contributed by atoms with Gasteiger partial charge >= 0.3 is 0 Å². The van der Waals surface area contributed by atoms with Crippen LogP contribution in [0.5, 0.6) is 0 Å². The van der Waals surface area contributed by atoms with Crippen LogP contribution in [-0.4, -0.2) is 53.5 Å². The van der Waals surface area contributed by atoms with Crippen molar-refractivity contribution in [2.24, 2.45) is 0 Å². The van der Waals surface area contributed by atoms with Crippen molar-refractivity contribution in [3.8, 4) is 0 Å². The van der Waals surface area contributed by atoms with E-state index < -0.39 is 0 Å². The molecule has 2 aromatic heterocycles. The molecule has 138 valence electrons. The van der Waals surface area contributed by atoms with E-state index in [1.165, 1.54) is 0 Å². The summed E-state index contributed by atoms with van der Waals surface area (Å²) in [6.45, 7) is 3.36. The first-order valence-electron chi connectivity index (χ1n) is 9.23. The van der Waals surface area contributed by atoms with Gasteiger partial charge in [0.05, 0.1) is 0 Å². The molecule has 0 spiro atoms. The molecule has 0 bridgehead atoms. The van der Waals surface area contributed by atoms with Crippen LogP contribution in [0.15, 0.2) is 48.9 Å². The molecule has 0 aromatic carbocycles. The van der Waals surface area contributed by atoms with Crippen molar-refractivity contribution in [3.63, 3.8) is 0 Å². The van der Waals surface area contributed by atoms with E-state index in [0.717, 1.165) is 50.4 Å². The lowest BCUT2D eigenvalue weighted by Crippen LogP contribution is -2.48. The van der Waals surface area contributed by atoms with Gasteiger partial charge in [-0.25, -0.2) is 4.98 Å². The lowest BCUT2D eigenvalue weighted by molar-refractivity contribution is -0.122. The molecule has 1 aliphatic rings. The zero-order valence-electron chi connectivity index (χ0n) is 15.3. The van der Waals surface area contributed by atoms with Crippen molar-refractivity contribution in [1.82, 2.24) is 20.2 Å². The Morgan fingerprint density at radius 3 is 3.00 bits per heavy atom. The van der Waals surface area contributed by atoms with Crippen LogP contribution in [0, 0.1) is 0 Å². The van der Waals surface area contributed by atoms with Gasteiger partial charge in [0.1, 0.15) is 5.82 Å². The van der Waals surface area contributed by atoms with Crippen LogP contribution < -0.4 is 10.2 Å². The standard InChI is InChI=1S/C20H27N5O/c1-24(15-17-6-4-10-21-14-17)13-9-20(26)23-18-7-5-12-25(16-18)19-8-2-3-11-22-19/h2-4,6,8,10-11,14,18H,5,7,9,12-13,15-16H2,1H3,(H,23,26). The minimum Gasteiger partial charge on any atom is -0.355 e. The van der Waals surface area contributed by atoms with Gasteiger partial charge in [-0.1, -0.05) is 12.1 Å². The zero-order valence-corrected chi connectivity index (χ0v) is 15.3. The molecule has 26 heavy (non-hydrogen) atoms. The number of carbonyl (C=O) groups is 1. The Labute approximate surface area is 155 Å². The second kappa shape index (κ2) is 9.29. The molecule has 1 N–H and O–H groups in total. The third-order valence-corrected chi connectivity index (χ3v) is 4.66. The van der Waals surface area contributed by atoms with Crippen molar-refractivity contribution in [3.05, 3.63) is 54.5 Å². The highest BCUT2D eigenvalue weighted by atomic mass is 16.1. The van der Waals surface area contributed by atoms with E-state index >= 15 is 0 Å². The Bertz CT molecular complexity index is 679. The molecule has 1 saturated heterocycles. The number of carbonyl (C=O) groups excluding carboxylic acids is 1. The molecule has 1 amide bonds. The first kappa shape index (κ1) is 18.3. The molecule has 6 heteroatoms. The molecule has 1 aliphatic heterocycles. The topological polar surface area (TPSA) is 61.4 Å². The lowest BCUT2D eigenvalue weighted by Gasteiger charge is -2.34. The van der Waals surface area contributed by atoms with Gasteiger partial charge in [0.15, 0.2) is 0 Å². The van der Waals surface area contributed by atoms with Crippen molar-refractivity contribution in [2.75, 3.05) is 31.6 Å².